The summed E-state index contributed by atoms with van der Waals surface area (Å²) in [5.74, 6) is 0.0997. The molecule has 1 saturated carbocycles. The van der Waals surface area contributed by atoms with Crippen molar-refractivity contribution in [2.75, 3.05) is 0 Å². The summed E-state index contributed by atoms with van der Waals surface area (Å²) >= 11 is 0. The lowest BCUT2D eigenvalue weighted by molar-refractivity contribution is -0.122. The van der Waals surface area contributed by atoms with E-state index in [-0.39, 0.29) is 11.4 Å². The Balaban J connectivity index is 1.71. The van der Waals surface area contributed by atoms with E-state index in [4.69, 9.17) is 4.42 Å². The highest BCUT2D eigenvalue weighted by molar-refractivity contribution is 5.88. The number of hydrogen-bond donors (Lipinski definition) is 1. The van der Waals surface area contributed by atoms with Crippen molar-refractivity contribution in [2.24, 2.45) is 0 Å². The number of fused-ring (bicyclic) bond motifs is 1. The van der Waals surface area contributed by atoms with Gasteiger partial charge in [0.1, 0.15) is 5.58 Å². The topological polar surface area (TPSA) is 42.2 Å². The molecule has 3 rings (SSSR count). The Kier molecular flexibility index (Phi) is 3.75. The lowest BCUT2D eigenvalue weighted by Gasteiger charge is -2.34. The smallest absolute Gasteiger partial charge is 0.224 e. The molecule has 1 aliphatic rings. The number of furan rings is 1. The van der Waals surface area contributed by atoms with E-state index < -0.39 is 0 Å². The summed E-state index contributed by atoms with van der Waals surface area (Å²) in [4.78, 5) is 12.3. The first-order chi connectivity index (χ1) is 10.1. The second-order valence-electron chi connectivity index (χ2n) is 6.61. The lowest BCUT2D eigenvalue weighted by atomic mass is 9.83. The Morgan fingerprint density at radius 2 is 2.05 bits per heavy atom. The number of rotatable bonds is 3. The Bertz CT molecular complexity index is 650. The Morgan fingerprint density at radius 3 is 2.81 bits per heavy atom. The van der Waals surface area contributed by atoms with E-state index in [1.165, 1.54) is 24.8 Å². The summed E-state index contributed by atoms with van der Waals surface area (Å²) in [5, 5.41) is 4.27. The fourth-order valence-corrected chi connectivity index (χ4v) is 3.34. The minimum Gasteiger partial charge on any atom is -0.464 e. The first kappa shape index (κ1) is 14.2. The average molecular weight is 285 g/mol. The van der Waals surface area contributed by atoms with E-state index in [0.717, 1.165) is 29.4 Å². The van der Waals surface area contributed by atoms with E-state index >= 15 is 0 Å². The minimum absolute atomic E-state index is 0.0224. The zero-order valence-corrected chi connectivity index (χ0v) is 12.9. The van der Waals surface area contributed by atoms with Crippen LogP contribution in [-0.2, 0) is 11.2 Å². The maximum Gasteiger partial charge on any atom is 0.224 e. The van der Waals surface area contributed by atoms with E-state index in [0.29, 0.717) is 6.42 Å². The third-order valence-electron chi connectivity index (χ3n) is 4.56. The van der Waals surface area contributed by atoms with E-state index in [1.807, 2.05) is 19.1 Å². The van der Waals surface area contributed by atoms with Crippen LogP contribution < -0.4 is 5.32 Å². The van der Waals surface area contributed by atoms with Crippen LogP contribution >= 0.6 is 0 Å². The molecule has 3 nitrogen and oxygen atoms in total. The normalized spacial score (nSPS) is 17.8. The van der Waals surface area contributed by atoms with Crippen LogP contribution in [0.4, 0.5) is 0 Å². The molecular weight excluding hydrogens is 262 g/mol. The zero-order valence-electron chi connectivity index (χ0n) is 12.9. The average Bonchev–Trinajstić information content (AvgIpc) is 2.81. The Morgan fingerprint density at radius 1 is 1.29 bits per heavy atom. The number of aryl methyl sites for hydroxylation is 1. The number of amides is 1. The highest BCUT2D eigenvalue weighted by atomic mass is 16.3. The molecule has 1 heterocycles. The molecular formula is C18H23NO2. The second kappa shape index (κ2) is 5.55. The van der Waals surface area contributed by atoms with Gasteiger partial charge < -0.3 is 9.73 Å². The molecule has 1 amide bonds. The van der Waals surface area contributed by atoms with Crippen LogP contribution in [0.25, 0.3) is 11.0 Å². The number of hydrogen-bond acceptors (Lipinski definition) is 2. The van der Waals surface area contributed by atoms with Gasteiger partial charge in [0, 0.05) is 16.5 Å². The lowest BCUT2D eigenvalue weighted by Crippen LogP contribution is -2.47. The molecule has 1 aromatic heterocycles. The third kappa shape index (κ3) is 3.12. The van der Waals surface area contributed by atoms with Gasteiger partial charge in [0.25, 0.3) is 0 Å². The first-order valence-electron chi connectivity index (χ1n) is 7.83. The van der Waals surface area contributed by atoms with Gasteiger partial charge >= 0.3 is 0 Å². The van der Waals surface area contributed by atoms with Crippen molar-refractivity contribution in [1.29, 1.82) is 0 Å². The maximum atomic E-state index is 12.3. The van der Waals surface area contributed by atoms with Crippen LogP contribution in [-0.4, -0.2) is 11.4 Å². The van der Waals surface area contributed by atoms with Crippen molar-refractivity contribution in [3.63, 3.8) is 0 Å². The third-order valence-corrected chi connectivity index (χ3v) is 4.56. The summed E-state index contributed by atoms with van der Waals surface area (Å²) in [6.45, 7) is 4.21. The Labute approximate surface area is 125 Å². The highest BCUT2D eigenvalue weighted by Gasteiger charge is 2.28. The zero-order chi connectivity index (χ0) is 14.9. The molecule has 1 aromatic carbocycles. The highest BCUT2D eigenvalue weighted by Crippen LogP contribution is 2.28. The minimum atomic E-state index is -0.0224. The van der Waals surface area contributed by atoms with Gasteiger partial charge in [-0.25, -0.2) is 0 Å². The van der Waals surface area contributed by atoms with Crippen LogP contribution in [0.15, 0.2) is 28.9 Å². The molecule has 2 aromatic rings. The predicted octanol–water partition coefficient (Wildman–Crippen LogP) is 4.12. The number of carbonyl (C=O) groups is 1. The molecule has 0 atom stereocenters. The van der Waals surface area contributed by atoms with Gasteiger partial charge in [0.2, 0.25) is 5.91 Å². The standard InChI is InChI=1S/C18H23NO2/c1-13-6-7-15-14(12-21-16(15)10-13)11-17(20)19-18(2)8-4-3-5-9-18/h6-7,10,12H,3-5,8-9,11H2,1-2H3,(H,19,20). The monoisotopic (exact) mass is 285 g/mol. The first-order valence-corrected chi connectivity index (χ1v) is 7.83. The van der Waals surface area contributed by atoms with E-state index in [1.54, 1.807) is 6.26 Å². The Hall–Kier alpha value is -1.77. The number of nitrogens with one attached hydrogen (secondary N) is 1. The van der Waals surface area contributed by atoms with Crippen molar-refractivity contribution < 1.29 is 9.21 Å². The maximum absolute atomic E-state index is 12.3. The van der Waals surface area contributed by atoms with Crippen LogP contribution in [0.3, 0.4) is 0 Å². The van der Waals surface area contributed by atoms with Crippen molar-refractivity contribution in [2.45, 2.75) is 57.9 Å². The summed E-state index contributed by atoms with van der Waals surface area (Å²) in [6.07, 6.45) is 8.00. The summed E-state index contributed by atoms with van der Waals surface area (Å²) in [6, 6.07) is 6.11. The van der Waals surface area contributed by atoms with Gasteiger partial charge in [-0.1, -0.05) is 31.4 Å². The van der Waals surface area contributed by atoms with Gasteiger partial charge in [0.15, 0.2) is 0 Å². The van der Waals surface area contributed by atoms with Crippen molar-refractivity contribution in [1.82, 2.24) is 5.32 Å². The number of benzene rings is 1. The van der Waals surface area contributed by atoms with Crippen LogP contribution in [0.1, 0.15) is 50.2 Å². The van der Waals surface area contributed by atoms with Crippen molar-refractivity contribution >= 4 is 16.9 Å². The SMILES string of the molecule is Cc1ccc2c(CC(=O)NC3(C)CCCCC3)coc2c1. The van der Waals surface area contributed by atoms with Gasteiger partial charge in [0.05, 0.1) is 12.7 Å². The largest absolute Gasteiger partial charge is 0.464 e. The predicted molar refractivity (Wildman–Crippen MR) is 84.3 cm³/mol. The van der Waals surface area contributed by atoms with E-state index in [9.17, 15) is 4.79 Å². The molecule has 0 bridgehead atoms. The fourth-order valence-electron chi connectivity index (χ4n) is 3.34. The molecule has 0 unspecified atom stereocenters. The fraction of sp³-hybridized carbons (Fsp3) is 0.500. The molecule has 0 aliphatic heterocycles. The van der Waals surface area contributed by atoms with Crippen LogP contribution in [0.5, 0.6) is 0 Å². The molecule has 1 aliphatic carbocycles. The summed E-state index contributed by atoms with van der Waals surface area (Å²) in [7, 11) is 0. The molecule has 112 valence electrons. The van der Waals surface area contributed by atoms with Crippen molar-refractivity contribution in [3.8, 4) is 0 Å². The quantitative estimate of drug-likeness (QED) is 0.921. The van der Waals surface area contributed by atoms with Gasteiger partial charge in [-0.15, -0.1) is 0 Å². The van der Waals surface area contributed by atoms with Crippen LogP contribution in [0.2, 0.25) is 0 Å². The molecule has 1 N–H and O–H groups in total. The van der Waals surface area contributed by atoms with Gasteiger partial charge in [-0.2, -0.15) is 0 Å². The summed E-state index contributed by atoms with van der Waals surface area (Å²) in [5.41, 5.74) is 2.98. The molecule has 21 heavy (non-hydrogen) atoms. The molecule has 0 radical (unpaired) electrons. The number of carbonyl (C=O) groups excluding carboxylic acids is 1. The molecule has 0 saturated heterocycles. The van der Waals surface area contributed by atoms with Gasteiger partial charge in [-0.3, -0.25) is 4.79 Å². The molecule has 1 fully saturated rings. The molecule has 3 heteroatoms. The van der Waals surface area contributed by atoms with E-state index in [2.05, 4.69) is 18.3 Å². The molecule has 0 spiro atoms. The van der Waals surface area contributed by atoms with Crippen molar-refractivity contribution in [3.05, 3.63) is 35.6 Å². The van der Waals surface area contributed by atoms with Gasteiger partial charge in [-0.05, 0) is 38.3 Å². The van der Waals surface area contributed by atoms with Crippen LogP contribution in [0, 0.1) is 6.92 Å². The summed E-state index contributed by atoms with van der Waals surface area (Å²) < 4.78 is 5.57. The second-order valence-corrected chi connectivity index (χ2v) is 6.61.